The minimum absolute atomic E-state index is 0.0304. The molecule has 0 saturated heterocycles. The second-order valence-corrected chi connectivity index (χ2v) is 6.59. The minimum atomic E-state index is -0.611. The molecular weight excluding hydrogens is 386 g/mol. The second kappa shape index (κ2) is 6.21. The van der Waals surface area contributed by atoms with E-state index in [1.54, 1.807) is 6.07 Å². The van der Waals surface area contributed by atoms with Crippen molar-refractivity contribution in [3.05, 3.63) is 90.6 Å². The molecule has 3 aromatic rings. The van der Waals surface area contributed by atoms with Gasteiger partial charge in [0.05, 0.1) is 21.6 Å². The predicted molar refractivity (Wildman–Crippen MR) is 99.9 cm³/mol. The Labute approximate surface area is 162 Å². The SMILES string of the molecule is Cn1cc2c(cc1=O)C(=O)c1c(-c3ccccc3[N+](=O)[O-])cc(Cl)nc1C2=O. The lowest BCUT2D eigenvalue weighted by Gasteiger charge is -2.20. The summed E-state index contributed by atoms with van der Waals surface area (Å²) in [7, 11) is 1.46. The number of pyridine rings is 2. The number of rotatable bonds is 2. The number of carbonyl (C=O) groups excluding carboxylic acids is 2. The molecule has 0 unspecified atom stereocenters. The first-order valence-corrected chi connectivity index (χ1v) is 8.42. The van der Waals surface area contributed by atoms with Crippen LogP contribution < -0.4 is 5.56 Å². The molecule has 0 fully saturated rings. The van der Waals surface area contributed by atoms with Crippen LogP contribution in [-0.4, -0.2) is 26.0 Å². The average Bonchev–Trinajstić information content (AvgIpc) is 2.67. The van der Waals surface area contributed by atoms with E-state index in [9.17, 15) is 24.5 Å². The number of carbonyl (C=O) groups is 2. The van der Waals surface area contributed by atoms with Crippen molar-refractivity contribution >= 4 is 28.9 Å². The van der Waals surface area contributed by atoms with E-state index in [4.69, 9.17) is 11.6 Å². The van der Waals surface area contributed by atoms with Crippen LogP contribution >= 0.6 is 11.6 Å². The molecule has 0 spiro atoms. The van der Waals surface area contributed by atoms with E-state index in [1.807, 2.05) is 0 Å². The molecule has 1 aliphatic carbocycles. The summed E-state index contributed by atoms with van der Waals surface area (Å²) in [5.41, 5.74) is -0.804. The van der Waals surface area contributed by atoms with E-state index in [-0.39, 0.29) is 44.4 Å². The Hall–Kier alpha value is -3.65. The van der Waals surface area contributed by atoms with Gasteiger partial charge in [0, 0.05) is 36.5 Å². The molecule has 28 heavy (non-hydrogen) atoms. The topological polar surface area (TPSA) is 112 Å². The molecule has 0 aliphatic heterocycles. The molecule has 1 aliphatic rings. The van der Waals surface area contributed by atoms with Gasteiger partial charge < -0.3 is 4.57 Å². The summed E-state index contributed by atoms with van der Waals surface area (Å²) in [5, 5.41) is 11.4. The fourth-order valence-electron chi connectivity index (χ4n) is 3.24. The maximum atomic E-state index is 13.2. The summed E-state index contributed by atoms with van der Waals surface area (Å²) < 4.78 is 1.18. The number of benzene rings is 1. The van der Waals surface area contributed by atoms with Gasteiger partial charge in [0.25, 0.3) is 11.2 Å². The minimum Gasteiger partial charge on any atom is -0.318 e. The highest BCUT2D eigenvalue weighted by Crippen LogP contribution is 2.38. The monoisotopic (exact) mass is 395 g/mol. The molecule has 2 aromatic heterocycles. The van der Waals surface area contributed by atoms with E-state index in [1.165, 1.54) is 42.1 Å². The summed E-state index contributed by atoms with van der Waals surface area (Å²) in [5.74, 6) is -1.19. The van der Waals surface area contributed by atoms with Crippen molar-refractivity contribution in [1.82, 2.24) is 9.55 Å². The number of aryl methyl sites for hydroxylation is 1. The molecule has 138 valence electrons. The van der Waals surface area contributed by atoms with Crippen LogP contribution in [0.2, 0.25) is 5.15 Å². The molecule has 4 rings (SSSR count). The highest BCUT2D eigenvalue weighted by atomic mass is 35.5. The Bertz CT molecular complexity index is 1280. The zero-order valence-electron chi connectivity index (χ0n) is 14.3. The number of hydrogen-bond donors (Lipinski definition) is 0. The Balaban J connectivity index is 2.08. The van der Waals surface area contributed by atoms with Crippen molar-refractivity contribution in [1.29, 1.82) is 0 Å². The van der Waals surface area contributed by atoms with Gasteiger partial charge in [-0.05, 0) is 12.1 Å². The summed E-state index contributed by atoms with van der Waals surface area (Å²) in [6, 6.07) is 8.19. The number of ketones is 2. The molecule has 0 N–H and O–H groups in total. The first-order chi connectivity index (χ1) is 13.3. The van der Waals surface area contributed by atoms with Gasteiger partial charge in [0.1, 0.15) is 10.8 Å². The fraction of sp³-hybridized carbons (Fsp3) is 0.0526. The number of para-hydroxylation sites is 1. The van der Waals surface area contributed by atoms with Crippen LogP contribution in [0.5, 0.6) is 0 Å². The molecule has 0 amide bonds. The van der Waals surface area contributed by atoms with Crippen LogP contribution in [0, 0.1) is 10.1 Å². The van der Waals surface area contributed by atoms with Gasteiger partial charge in [0.2, 0.25) is 5.78 Å². The smallest absolute Gasteiger partial charge is 0.277 e. The average molecular weight is 396 g/mol. The van der Waals surface area contributed by atoms with Crippen molar-refractivity contribution in [3.63, 3.8) is 0 Å². The first kappa shape index (κ1) is 17.7. The van der Waals surface area contributed by atoms with E-state index in [0.29, 0.717) is 0 Å². The number of fused-ring (bicyclic) bond motifs is 2. The van der Waals surface area contributed by atoms with Gasteiger partial charge in [0.15, 0.2) is 5.78 Å². The first-order valence-electron chi connectivity index (χ1n) is 8.04. The summed E-state index contributed by atoms with van der Waals surface area (Å²) in [4.78, 5) is 52.9. The van der Waals surface area contributed by atoms with Gasteiger partial charge in [-0.15, -0.1) is 0 Å². The molecular formula is C19H10ClN3O5. The second-order valence-electron chi connectivity index (χ2n) is 6.20. The largest absolute Gasteiger partial charge is 0.318 e. The molecule has 9 heteroatoms. The maximum absolute atomic E-state index is 13.2. The van der Waals surface area contributed by atoms with Crippen molar-refractivity contribution in [2.24, 2.45) is 7.05 Å². The summed E-state index contributed by atoms with van der Waals surface area (Å²) in [6.07, 6.45) is 1.27. The normalized spacial score (nSPS) is 12.5. The molecule has 0 radical (unpaired) electrons. The zero-order chi connectivity index (χ0) is 20.2. The van der Waals surface area contributed by atoms with Crippen LogP contribution in [0.15, 0.2) is 47.4 Å². The van der Waals surface area contributed by atoms with E-state index in [2.05, 4.69) is 4.98 Å². The van der Waals surface area contributed by atoms with Crippen molar-refractivity contribution in [2.75, 3.05) is 0 Å². The Morgan fingerprint density at radius 2 is 1.71 bits per heavy atom. The molecule has 0 atom stereocenters. The van der Waals surface area contributed by atoms with Gasteiger partial charge in [-0.2, -0.15) is 0 Å². The lowest BCUT2D eigenvalue weighted by molar-refractivity contribution is -0.384. The molecule has 2 heterocycles. The third-order valence-electron chi connectivity index (χ3n) is 4.54. The van der Waals surface area contributed by atoms with E-state index < -0.39 is 22.0 Å². The van der Waals surface area contributed by atoms with Crippen LogP contribution in [-0.2, 0) is 7.05 Å². The van der Waals surface area contributed by atoms with Crippen LogP contribution in [0.4, 0.5) is 5.69 Å². The lowest BCUT2D eigenvalue weighted by Crippen LogP contribution is -2.28. The third kappa shape index (κ3) is 2.54. The van der Waals surface area contributed by atoms with Gasteiger partial charge >= 0.3 is 0 Å². The Morgan fingerprint density at radius 3 is 2.43 bits per heavy atom. The molecule has 1 aromatic carbocycles. The maximum Gasteiger partial charge on any atom is 0.277 e. The van der Waals surface area contributed by atoms with Crippen LogP contribution in [0.25, 0.3) is 11.1 Å². The predicted octanol–water partition coefficient (Wildman–Crippen LogP) is 2.78. The zero-order valence-corrected chi connectivity index (χ0v) is 15.1. The fourth-order valence-corrected chi connectivity index (χ4v) is 3.44. The summed E-state index contributed by atoms with van der Waals surface area (Å²) >= 11 is 6.06. The van der Waals surface area contributed by atoms with Gasteiger partial charge in [-0.1, -0.05) is 23.7 Å². The van der Waals surface area contributed by atoms with Crippen molar-refractivity contribution in [3.8, 4) is 11.1 Å². The van der Waals surface area contributed by atoms with Crippen LogP contribution in [0.1, 0.15) is 32.0 Å². The van der Waals surface area contributed by atoms with E-state index >= 15 is 0 Å². The Morgan fingerprint density at radius 1 is 1.00 bits per heavy atom. The van der Waals surface area contributed by atoms with Gasteiger partial charge in [-0.3, -0.25) is 24.5 Å². The van der Waals surface area contributed by atoms with Crippen LogP contribution in [0.3, 0.4) is 0 Å². The summed E-state index contributed by atoms with van der Waals surface area (Å²) in [6.45, 7) is 0. The molecule has 0 bridgehead atoms. The highest BCUT2D eigenvalue weighted by molar-refractivity contribution is 6.33. The number of hydrogen-bond acceptors (Lipinski definition) is 6. The number of nitro groups is 1. The Kier molecular flexibility index (Phi) is 3.93. The number of nitrogens with zero attached hydrogens (tertiary/aromatic N) is 3. The standard InChI is InChI=1S/C19H10ClN3O5/c1-22-8-12-11(7-15(22)24)18(25)16-10(6-14(20)21-17(16)19(12)26)9-4-2-3-5-13(9)23(27)28/h2-8H,1H3. The van der Waals surface area contributed by atoms with E-state index in [0.717, 1.165) is 6.07 Å². The molecule has 8 nitrogen and oxygen atoms in total. The van der Waals surface area contributed by atoms with Gasteiger partial charge in [-0.25, -0.2) is 4.98 Å². The third-order valence-corrected chi connectivity index (χ3v) is 4.73. The number of halogens is 1. The quantitative estimate of drug-likeness (QED) is 0.293. The highest BCUT2D eigenvalue weighted by Gasteiger charge is 2.35. The number of aromatic nitrogens is 2. The lowest BCUT2D eigenvalue weighted by atomic mass is 9.84. The molecule has 0 saturated carbocycles. The van der Waals surface area contributed by atoms with Crippen molar-refractivity contribution in [2.45, 2.75) is 0 Å². The van der Waals surface area contributed by atoms with Crippen molar-refractivity contribution < 1.29 is 14.5 Å². The number of nitro benzene ring substituents is 1.